The summed E-state index contributed by atoms with van der Waals surface area (Å²) in [5, 5.41) is 0. The number of benzene rings is 1. The Morgan fingerprint density at radius 2 is 2.00 bits per heavy atom. The Kier molecular flexibility index (Phi) is 3.85. The van der Waals surface area contributed by atoms with Crippen LogP contribution >= 0.6 is 15.9 Å². The van der Waals surface area contributed by atoms with Gasteiger partial charge in [0.05, 0.1) is 11.4 Å². The molecule has 1 heterocycles. The Morgan fingerprint density at radius 3 is 2.58 bits per heavy atom. The summed E-state index contributed by atoms with van der Waals surface area (Å²) < 4.78 is 4.63. The summed E-state index contributed by atoms with van der Waals surface area (Å²) in [6.45, 7) is 6.73. The van der Waals surface area contributed by atoms with Crippen molar-refractivity contribution in [3.63, 3.8) is 0 Å². The Balaban J connectivity index is 2.74. The molecule has 2 N–H and O–H groups in total. The second-order valence-corrected chi connectivity index (χ2v) is 5.59. The van der Waals surface area contributed by atoms with E-state index in [2.05, 4.69) is 22.9 Å². The lowest BCUT2D eigenvalue weighted by atomic mass is 10.2. The van der Waals surface area contributed by atoms with Crippen LogP contribution < -0.4 is 11.3 Å². The zero-order chi connectivity index (χ0) is 14.2. The van der Waals surface area contributed by atoms with E-state index >= 15 is 0 Å². The summed E-state index contributed by atoms with van der Waals surface area (Å²) in [6.07, 6.45) is 0.948. The molecule has 0 saturated carbocycles. The van der Waals surface area contributed by atoms with E-state index in [1.807, 2.05) is 36.7 Å². The van der Waals surface area contributed by atoms with Crippen LogP contribution in [0.1, 0.15) is 24.6 Å². The number of nitrogens with two attached hydrogens (primary N) is 1. The molecule has 0 aliphatic heterocycles. The normalized spacial score (nSPS) is 10.9. The first kappa shape index (κ1) is 13.9. The van der Waals surface area contributed by atoms with Crippen molar-refractivity contribution in [3.8, 4) is 5.69 Å². The van der Waals surface area contributed by atoms with Gasteiger partial charge in [-0.05, 0) is 44.0 Å². The van der Waals surface area contributed by atoms with Gasteiger partial charge >= 0.3 is 0 Å². The Bertz CT molecular complexity index is 670. The topological polar surface area (TPSA) is 52.9 Å². The molecule has 0 fully saturated rings. The number of hydrogen-bond acceptors (Lipinski definition) is 2. The predicted octanol–water partition coefficient (Wildman–Crippen LogP) is 3.01. The van der Waals surface area contributed by atoms with Gasteiger partial charge < -0.3 is 5.73 Å². The molecular weight excluding hydrogens is 306 g/mol. The molecule has 0 saturated heterocycles. The van der Waals surface area contributed by atoms with Crippen molar-refractivity contribution in [2.45, 2.75) is 33.7 Å². The van der Waals surface area contributed by atoms with Gasteiger partial charge in [-0.25, -0.2) is 4.68 Å². The number of nitrogen functional groups attached to an aromatic ring is 1. The molecule has 1 aromatic carbocycles. The summed E-state index contributed by atoms with van der Waals surface area (Å²) in [5.74, 6) is 0. The van der Waals surface area contributed by atoms with Gasteiger partial charge in [-0.1, -0.05) is 22.9 Å². The molecule has 2 rings (SSSR count). The monoisotopic (exact) mass is 323 g/mol. The van der Waals surface area contributed by atoms with E-state index in [0.717, 1.165) is 34.4 Å². The van der Waals surface area contributed by atoms with Crippen LogP contribution in [0.3, 0.4) is 0 Å². The maximum absolute atomic E-state index is 12.3. The summed E-state index contributed by atoms with van der Waals surface area (Å²) in [4.78, 5) is 12.3. The lowest BCUT2D eigenvalue weighted by Crippen LogP contribution is -2.23. The number of aromatic nitrogens is 2. The average Bonchev–Trinajstić information content (AvgIpc) is 2.56. The van der Waals surface area contributed by atoms with Crippen LogP contribution in [-0.4, -0.2) is 9.36 Å². The number of rotatable bonds is 3. The van der Waals surface area contributed by atoms with E-state index in [9.17, 15) is 4.79 Å². The van der Waals surface area contributed by atoms with Crippen LogP contribution in [0.2, 0.25) is 0 Å². The standard InChI is InChI=1S/C14H18BrN3O/c1-4-7-17-10(3)13(16)14(19)18(17)12-6-5-11(15)8-9(12)2/h5-6,8H,4,7,16H2,1-3H3. The molecule has 5 heteroatoms. The molecule has 1 aromatic heterocycles. The van der Waals surface area contributed by atoms with E-state index in [1.165, 1.54) is 0 Å². The van der Waals surface area contributed by atoms with Gasteiger partial charge in [0.15, 0.2) is 0 Å². The molecule has 0 spiro atoms. The van der Waals surface area contributed by atoms with Gasteiger partial charge in [0.2, 0.25) is 0 Å². The summed E-state index contributed by atoms with van der Waals surface area (Å²) in [5.41, 5.74) is 8.81. The molecule has 0 bridgehead atoms. The zero-order valence-corrected chi connectivity index (χ0v) is 13.0. The highest BCUT2D eigenvalue weighted by Crippen LogP contribution is 2.20. The van der Waals surface area contributed by atoms with Crippen LogP contribution in [0, 0.1) is 13.8 Å². The fraction of sp³-hybridized carbons (Fsp3) is 0.357. The third kappa shape index (κ3) is 2.34. The lowest BCUT2D eigenvalue weighted by Gasteiger charge is -2.14. The number of anilines is 1. The highest BCUT2D eigenvalue weighted by molar-refractivity contribution is 9.10. The molecule has 0 radical (unpaired) electrons. The summed E-state index contributed by atoms with van der Waals surface area (Å²) >= 11 is 3.44. The maximum atomic E-state index is 12.3. The zero-order valence-electron chi connectivity index (χ0n) is 11.4. The predicted molar refractivity (Wildman–Crippen MR) is 81.9 cm³/mol. The Labute approximate surface area is 120 Å². The minimum Gasteiger partial charge on any atom is -0.393 e. The van der Waals surface area contributed by atoms with Gasteiger partial charge in [-0.15, -0.1) is 0 Å². The number of aryl methyl sites for hydroxylation is 1. The summed E-state index contributed by atoms with van der Waals surface area (Å²) in [6, 6.07) is 5.87. The minimum absolute atomic E-state index is 0.142. The van der Waals surface area contributed by atoms with Crippen LogP contribution in [-0.2, 0) is 6.54 Å². The van der Waals surface area contributed by atoms with Crippen molar-refractivity contribution in [1.29, 1.82) is 0 Å². The first-order valence-electron chi connectivity index (χ1n) is 6.31. The third-order valence-corrected chi connectivity index (χ3v) is 3.76. The second kappa shape index (κ2) is 5.25. The van der Waals surface area contributed by atoms with Crippen LogP contribution in [0.15, 0.2) is 27.5 Å². The van der Waals surface area contributed by atoms with E-state index in [-0.39, 0.29) is 5.56 Å². The quantitative estimate of drug-likeness (QED) is 0.943. The van der Waals surface area contributed by atoms with E-state index in [4.69, 9.17) is 5.73 Å². The van der Waals surface area contributed by atoms with Crippen molar-refractivity contribution < 1.29 is 0 Å². The number of halogens is 1. The Hall–Kier alpha value is -1.49. The van der Waals surface area contributed by atoms with Crippen molar-refractivity contribution in [2.24, 2.45) is 0 Å². The largest absolute Gasteiger partial charge is 0.393 e. The van der Waals surface area contributed by atoms with Crippen molar-refractivity contribution in [2.75, 3.05) is 5.73 Å². The van der Waals surface area contributed by atoms with Gasteiger partial charge in [-0.3, -0.25) is 9.48 Å². The molecule has 0 unspecified atom stereocenters. The van der Waals surface area contributed by atoms with Crippen LogP contribution in [0.25, 0.3) is 5.69 Å². The van der Waals surface area contributed by atoms with E-state index in [1.54, 1.807) is 4.68 Å². The van der Waals surface area contributed by atoms with Crippen molar-refractivity contribution in [1.82, 2.24) is 9.36 Å². The van der Waals surface area contributed by atoms with Crippen molar-refractivity contribution >= 4 is 21.6 Å². The van der Waals surface area contributed by atoms with Gasteiger partial charge in [0, 0.05) is 11.0 Å². The number of nitrogens with zero attached hydrogens (tertiary/aromatic N) is 2. The molecule has 0 aliphatic rings. The second-order valence-electron chi connectivity index (χ2n) is 4.67. The SMILES string of the molecule is CCCn1c(C)c(N)c(=O)n1-c1ccc(Br)cc1C. The molecular formula is C14H18BrN3O. The number of hydrogen-bond donors (Lipinski definition) is 1. The maximum Gasteiger partial charge on any atom is 0.294 e. The first-order valence-corrected chi connectivity index (χ1v) is 7.11. The molecule has 2 aromatic rings. The van der Waals surface area contributed by atoms with Gasteiger partial charge in [0.1, 0.15) is 5.69 Å². The highest BCUT2D eigenvalue weighted by Gasteiger charge is 2.16. The van der Waals surface area contributed by atoms with Crippen LogP contribution in [0.5, 0.6) is 0 Å². The molecule has 102 valence electrons. The van der Waals surface area contributed by atoms with Gasteiger partial charge in [0.25, 0.3) is 5.56 Å². The first-order chi connectivity index (χ1) is 8.97. The highest BCUT2D eigenvalue weighted by atomic mass is 79.9. The van der Waals surface area contributed by atoms with Gasteiger partial charge in [-0.2, -0.15) is 0 Å². The fourth-order valence-electron chi connectivity index (χ4n) is 2.24. The van der Waals surface area contributed by atoms with Crippen LogP contribution in [0.4, 0.5) is 5.69 Å². The van der Waals surface area contributed by atoms with Crippen molar-refractivity contribution in [3.05, 3.63) is 44.3 Å². The summed E-state index contributed by atoms with van der Waals surface area (Å²) in [7, 11) is 0. The molecule has 0 aliphatic carbocycles. The lowest BCUT2D eigenvalue weighted by molar-refractivity contribution is 0.522. The van der Waals surface area contributed by atoms with E-state index < -0.39 is 0 Å². The fourth-order valence-corrected chi connectivity index (χ4v) is 2.72. The minimum atomic E-state index is -0.142. The third-order valence-electron chi connectivity index (χ3n) is 3.26. The molecule has 0 amide bonds. The molecule has 0 atom stereocenters. The Morgan fingerprint density at radius 1 is 1.32 bits per heavy atom. The molecule has 19 heavy (non-hydrogen) atoms. The smallest absolute Gasteiger partial charge is 0.294 e. The average molecular weight is 324 g/mol. The molecule has 4 nitrogen and oxygen atoms in total. The van der Waals surface area contributed by atoms with E-state index in [0.29, 0.717) is 5.69 Å².